The zero-order chi connectivity index (χ0) is 19.2. The van der Waals surface area contributed by atoms with Gasteiger partial charge in [0, 0.05) is 6.42 Å². The van der Waals surface area contributed by atoms with Crippen molar-refractivity contribution >= 4 is 33.4 Å². The molecule has 0 unspecified atom stereocenters. The van der Waals surface area contributed by atoms with E-state index in [9.17, 15) is 9.59 Å². The fourth-order valence-electron chi connectivity index (χ4n) is 3.53. The van der Waals surface area contributed by atoms with Crippen LogP contribution in [0.5, 0.6) is 0 Å². The van der Waals surface area contributed by atoms with E-state index in [4.69, 9.17) is 11.2 Å². The summed E-state index contributed by atoms with van der Waals surface area (Å²) in [5, 5.41) is 0. The number of carbonyl (C=O) groups excluding carboxylic acids is 2. The van der Waals surface area contributed by atoms with E-state index in [0.717, 1.165) is 23.1 Å². The number of fused-ring (bicyclic) bond motifs is 1. The summed E-state index contributed by atoms with van der Waals surface area (Å²) >= 11 is 1.38. The molecule has 1 amide bonds. The first kappa shape index (κ1) is 19.4. The Bertz CT molecular complexity index is 942. The van der Waals surface area contributed by atoms with Crippen molar-refractivity contribution in [2.24, 2.45) is 10.9 Å². The molecule has 0 atom stereocenters. The molecule has 1 aliphatic carbocycles. The van der Waals surface area contributed by atoms with Crippen LogP contribution in [0, 0.1) is 18.3 Å². The number of carbonyl (C=O) groups is 2. The van der Waals surface area contributed by atoms with Gasteiger partial charge in [0.05, 0.1) is 28.9 Å². The van der Waals surface area contributed by atoms with Crippen LogP contribution in [0.25, 0.3) is 10.2 Å². The molecule has 0 radical (unpaired) electrons. The molecule has 6 heteroatoms. The zero-order valence-electron chi connectivity index (χ0n) is 15.6. The molecule has 1 aliphatic rings. The Morgan fingerprint density at radius 3 is 2.81 bits per heavy atom. The van der Waals surface area contributed by atoms with Gasteiger partial charge in [0.25, 0.3) is 0 Å². The second-order valence-electron chi connectivity index (χ2n) is 6.79. The second-order valence-corrected chi connectivity index (χ2v) is 7.80. The molecule has 0 N–H and O–H groups in total. The Morgan fingerprint density at radius 1 is 1.33 bits per heavy atom. The standard InChI is InChI=1S/C21H24N2O3S/c1-3-12-23-17-11-10-16(20(25)26-4-2)14-18(17)27-21(23)22-19(24)13-15-8-6-5-7-9-15/h1,10-11,14-15H,4-9,12-13H2,2H3. The van der Waals surface area contributed by atoms with Crippen LogP contribution in [0.15, 0.2) is 23.2 Å². The highest BCUT2D eigenvalue weighted by Crippen LogP contribution is 2.26. The van der Waals surface area contributed by atoms with Gasteiger partial charge in [0.1, 0.15) is 0 Å². The quantitative estimate of drug-likeness (QED) is 0.580. The minimum Gasteiger partial charge on any atom is -0.462 e. The van der Waals surface area contributed by atoms with Crippen molar-refractivity contribution < 1.29 is 14.3 Å². The largest absolute Gasteiger partial charge is 0.462 e. The van der Waals surface area contributed by atoms with Gasteiger partial charge in [-0.3, -0.25) is 4.79 Å². The molecule has 1 fully saturated rings. The minimum absolute atomic E-state index is 0.0927. The van der Waals surface area contributed by atoms with Crippen molar-refractivity contribution in [3.8, 4) is 12.3 Å². The summed E-state index contributed by atoms with van der Waals surface area (Å²) in [6.45, 7) is 2.43. The summed E-state index contributed by atoms with van der Waals surface area (Å²) in [6.07, 6.45) is 11.9. The Morgan fingerprint density at radius 2 is 2.11 bits per heavy atom. The van der Waals surface area contributed by atoms with E-state index >= 15 is 0 Å². The first-order chi connectivity index (χ1) is 13.1. The van der Waals surface area contributed by atoms with Crippen molar-refractivity contribution in [3.05, 3.63) is 28.6 Å². The highest BCUT2D eigenvalue weighted by Gasteiger charge is 2.17. The Kier molecular flexibility index (Phi) is 6.46. The average molecular weight is 385 g/mol. The maximum atomic E-state index is 12.5. The number of ether oxygens (including phenoxy) is 1. The van der Waals surface area contributed by atoms with Crippen molar-refractivity contribution in [1.29, 1.82) is 0 Å². The molecule has 5 nitrogen and oxygen atoms in total. The molecule has 0 bridgehead atoms. The van der Waals surface area contributed by atoms with E-state index < -0.39 is 0 Å². The average Bonchev–Trinajstić information content (AvgIpc) is 2.99. The molecule has 1 saturated carbocycles. The normalized spacial score (nSPS) is 15.6. The molecular weight excluding hydrogens is 360 g/mol. The summed E-state index contributed by atoms with van der Waals surface area (Å²) in [5.41, 5.74) is 1.36. The van der Waals surface area contributed by atoms with Gasteiger partial charge in [0.2, 0.25) is 5.91 Å². The van der Waals surface area contributed by atoms with Crippen LogP contribution >= 0.6 is 11.3 Å². The van der Waals surface area contributed by atoms with Crippen LogP contribution in [0.4, 0.5) is 0 Å². The van der Waals surface area contributed by atoms with Crippen LogP contribution in [-0.2, 0) is 16.1 Å². The van der Waals surface area contributed by atoms with Gasteiger partial charge in [-0.2, -0.15) is 4.99 Å². The molecule has 0 aliphatic heterocycles. The monoisotopic (exact) mass is 384 g/mol. The third-order valence-corrected chi connectivity index (χ3v) is 5.89. The maximum Gasteiger partial charge on any atom is 0.338 e. The molecule has 2 aromatic rings. The number of terminal acetylenes is 1. The summed E-state index contributed by atoms with van der Waals surface area (Å²) in [6, 6.07) is 5.32. The van der Waals surface area contributed by atoms with Crippen molar-refractivity contribution in [1.82, 2.24) is 4.57 Å². The highest BCUT2D eigenvalue weighted by molar-refractivity contribution is 7.16. The van der Waals surface area contributed by atoms with Crippen molar-refractivity contribution in [3.63, 3.8) is 0 Å². The number of nitrogens with zero attached hydrogens (tertiary/aromatic N) is 2. The lowest BCUT2D eigenvalue weighted by atomic mass is 9.87. The number of hydrogen-bond acceptors (Lipinski definition) is 4. The van der Waals surface area contributed by atoms with E-state index in [-0.39, 0.29) is 11.9 Å². The molecule has 3 rings (SSSR count). The Hall–Kier alpha value is -2.39. The molecule has 0 spiro atoms. The fourth-order valence-corrected chi connectivity index (χ4v) is 4.62. The smallest absolute Gasteiger partial charge is 0.338 e. The Labute approximate surface area is 163 Å². The maximum absolute atomic E-state index is 12.5. The number of esters is 1. The third kappa shape index (κ3) is 4.67. The van der Waals surface area contributed by atoms with E-state index in [2.05, 4.69) is 10.9 Å². The SMILES string of the molecule is C#CCn1c(=NC(=O)CC2CCCCC2)sc2cc(C(=O)OCC)ccc21. The topological polar surface area (TPSA) is 60.7 Å². The first-order valence-electron chi connectivity index (χ1n) is 9.44. The number of thiazole rings is 1. The summed E-state index contributed by atoms with van der Waals surface area (Å²) in [4.78, 5) is 29.4. The number of aromatic nitrogens is 1. The predicted octanol–water partition coefficient (Wildman–Crippen LogP) is 3.91. The number of amides is 1. The summed E-state index contributed by atoms with van der Waals surface area (Å²) < 4.78 is 7.78. The highest BCUT2D eigenvalue weighted by atomic mass is 32.1. The van der Waals surface area contributed by atoms with Gasteiger partial charge in [-0.25, -0.2) is 4.79 Å². The van der Waals surface area contributed by atoms with Gasteiger partial charge in [-0.05, 0) is 43.9 Å². The van der Waals surface area contributed by atoms with Gasteiger partial charge in [-0.15, -0.1) is 6.42 Å². The lowest BCUT2D eigenvalue weighted by molar-refractivity contribution is -0.119. The zero-order valence-corrected chi connectivity index (χ0v) is 16.4. The van der Waals surface area contributed by atoms with Crippen LogP contribution < -0.4 is 4.80 Å². The number of hydrogen-bond donors (Lipinski definition) is 0. The van der Waals surface area contributed by atoms with E-state index in [1.165, 1.54) is 30.6 Å². The van der Waals surface area contributed by atoms with E-state index in [0.29, 0.717) is 35.9 Å². The van der Waals surface area contributed by atoms with Gasteiger partial charge in [-0.1, -0.05) is 36.5 Å². The molecule has 1 aromatic carbocycles. The molecule has 142 valence electrons. The van der Waals surface area contributed by atoms with Crippen molar-refractivity contribution in [2.45, 2.75) is 52.0 Å². The molecule has 0 saturated heterocycles. The van der Waals surface area contributed by atoms with E-state index in [1.54, 1.807) is 19.1 Å². The lowest BCUT2D eigenvalue weighted by Gasteiger charge is -2.19. The minimum atomic E-state index is -0.358. The van der Waals surface area contributed by atoms with Crippen LogP contribution in [0.2, 0.25) is 0 Å². The third-order valence-electron chi connectivity index (χ3n) is 4.85. The van der Waals surface area contributed by atoms with Crippen LogP contribution in [0.3, 0.4) is 0 Å². The van der Waals surface area contributed by atoms with Crippen LogP contribution in [-0.4, -0.2) is 23.1 Å². The Balaban J connectivity index is 1.93. The van der Waals surface area contributed by atoms with E-state index in [1.807, 2.05) is 10.6 Å². The fraction of sp³-hybridized carbons (Fsp3) is 0.476. The molecular formula is C21H24N2O3S. The second kappa shape index (κ2) is 9.01. The predicted molar refractivity (Wildman–Crippen MR) is 106 cm³/mol. The van der Waals surface area contributed by atoms with Gasteiger partial charge >= 0.3 is 5.97 Å². The number of benzene rings is 1. The van der Waals surface area contributed by atoms with Crippen molar-refractivity contribution in [2.75, 3.05) is 6.61 Å². The number of rotatable bonds is 5. The van der Waals surface area contributed by atoms with Gasteiger partial charge in [0.15, 0.2) is 4.80 Å². The molecule has 1 aromatic heterocycles. The summed E-state index contributed by atoms with van der Waals surface area (Å²) in [5.74, 6) is 2.62. The van der Waals surface area contributed by atoms with Gasteiger partial charge < -0.3 is 9.30 Å². The van der Waals surface area contributed by atoms with Crippen LogP contribution in [0.1, 0.15) is 55.8 Å². The molecule has 1 heterocycles. The molecule has 27 heavy (non-hydrogen) atoms. The lowest BCUT2D eigenvalue weighted by Crippen LogP contribution is -2.18. The summed E-state index contributed by atoms with van der Waals surface area (Å²) in [7, 11) is 0. The first-order valence-corrected chi connectivity index (χ1v) is 10.3.